The van der Waals surface area contributed by atoms with E-state index in [4.69, 9.17) is 22.3 Å². The van der Waals surface area contributed by atoms with Gasteiger partial charge in [-0.25, -0.2) is 4.98 Å². The summed E-state index contributed by atoms with van der Waals surface area (Å²) in [5.41, 5.74) is 8.00. The number of thiazole rings is 1. The molecule has 2 nitrogen and oxygen atoms in total. The molecule has 1 atom stereocenters. The van der Waals surface area contributed by atoms with Crippen LogP contribution >= 0.6 is 22.9 Å². The fourth-order valence-electron chi connectivity index (χ4n) is 2.28. The molecule has 0 saturated carbocycles. The van der Waals surface area contributed by atoms with E-state index < -0.39 is 0 Å². The van der Waals surface area contributed by atoms with Crippen molar-refractivity contribution in [3.8, 4) is 10.6 Å². The van der Waals surface area contributed by atoms with Crippen LogP contribution < -0.4 is 5.73 Å². The first kappa shape index (κ1) is 11.2. The molecule has 0 amide bonds. The number of benzene rings is 1. The van der Waals surface area contributed by atoms with Gasteiger partial charge in [-0.15, -0.1) is 11.3 Å². The molecule has 4 heteroatoms. The van der Waals surface area contributed by atoms with Crippen LogP contribution in [-0.4, -0.2) is 11.5 Å². The van der Waals surface area contributed by atoms with Crippen molar-refractivity contribution < 1.29 is 0 Å². The average molecular weight is 265 g/mol. The second-order valence-electron chi connectivity index (χ2n) is 4.28. The van der Waals surface area contributed by atoms with Crippen molar-refractivity contribution in [3.63, 3.8) is 0 Å². The van der Waals surface area contributed by atoms with Crippen LogP contribution in [0.1, 0.15) is 22.9 Å². The monoisotopic (exact) mass is 264 g/mol. The molecule has 0 radical (unpaired) electrons. The normalized spacial score (nSPS) is 18.4. The van der Waals surface area contributed by atoms with E-state index in [1.54, 1.807) is 11.3 Å². The Balaban J connectivity index is 2.04. The van der Waals surface area contributed by atoms with E-state index in [0.717, 1.165) is 28.4 Å². The zero-order valence-corrected chi connectivity index (χ0v) is 10.9. The van der Waals surface area contributed by atoms with Crippen molar-refractivity contribution in [2.75, 3.05) is 6.54 Å². The lowest BCUT2D eigenvalue weighted by atomic mass is 10.1. The van der Waals surface area contributed by atoms with Crippen molar-refractivity contribution in [2.24, 2.45) is 5.73 Å². The van der Waals surface area contributed by atoms with E-state index >= 15 is 0 Å². The molecule has 1 unspecified atom stereocenters. The SMILES string of the molecule is NCC1CCc2sc(-c3ccccc3Cl)nc21. The highest BCUT2D eigenvalue weighted by atomic mass is 35.5. The van der Waals surface area contributed by atoms with Crippen molar-refractivity contribution in [1.29, 1.82) is 0 Å². The molecule has 0 saturated heterocycles. The van der Waals surface area contributed by atoms with Gasteiger partial charge in [-0.2, -0.15) is 0 Å². The van der Waals surface area contributed by atoms with E-state index in [1.807, 2.05) is 24.3 Å². The van der Waals surface area contributed by atoms with Crippen molar-refractivity contribution in [1.82, 2.24) is 4.98 Å². The van der Waals surface area contributed by atoms with E-state index in [-0.39, 0.29) is 0 Å². The molecular formula is C13H13ClN2S. The Morgan fingerprint density at radius 3 is 3.00 bits per heavy atom. The van der Waals surface area contributed by atoms with Gasteiger partial charge in [0.25, 0.3) is 0 Å². The predicted octanol–water partition coefficient (Wildman–Crippen LogP) is 3.45. The second kappa shape index (κ2) is 4.41. The third-order valence-electron chi connectivity index (χ3n) is 3.22. The van der Waals surface area contributed by atoms with Crippen LogP contribution in [0.15, 0.2) is 24.3 Å². The summed E-state index contributed by atoms with van der Waals surface area (Å²) >= 11 is 7.95. The summed E-state index contributed by atoms with van der Waals surface area (Å²) in [5, 5.41) is 1.79. The molecule has 1 heterocycles. The molecule has 0 fully saturated rings. The summed E-state index contributed by atoms with van der Waals surface area (Å²) in [5.74, 6) is 0.442. The maximum absolute atomic E-state index is 6.19. The standard InChI is InChI=1S/C13H13ClN2S/c14-10-4-2-1-3-9(10)13-16-12-8(7-15)5-6-11(12)17-13/h1-4,8H,5-7,15H2. The Morgan fingerprint density at radius 2 is 2.24 bits per heavy atom. The highest BCUT2D eigenvalue weighted by Gasteiger charge is 2.26. The molecule has 0 aliphatic heterocycles. The van der Waals surface area contributed by atoms with Crippen molar-refractivity contribution in [3.05, 3.63) is 39.9 Å². The molecule has 1 aliphatic rings. The van der Waals surface area contributed by atoms with Gasteiger partial charge in [0, 0.05) is 22.9 Å². The summed E-state index contributed by atoms with van der Waals surface area (Å²) < 4.78 is 0. The second-order valence-corrected chi connectivity index (χ2v) is 5.77. The van der Waals surface area contributed by atoms with Gasteiger partial charge in [0.05, 0.1) is 10.7 Å². The summed E-state index contributed by atoms with van der Waals surface area (Å²) in [7, 11) is 0. The molecule has 0 bridgehead atoms. The molecule has 2 aromatic rings. The van der Waals surface area contributed by atoms with Crippen molar-refractivity contribution >= 4 is 22.9 Å². The Morgan fingerprint density at radius 1 is 1.41 bits per heavy atom. The molecule has 1 aromatic carbocycles. The summed E-state index contributed by atoms with van der Waals surface area (Å²) in [6.45, 7) is 0.693. The van der Waals surface area contributed by atoms with Gasteiger partial charge >= 0.3 is 0 Å². The first-order valence-electron chi connectivity index (χ1n) is 5.74. The van der Waals surface area contributed by atoms with Gasteiger partial charge in [-0.05, 0) is 18.9 Å². The van der Waals surface area contributed by atoms with Crippen molar-refractivity contribution in [2.45, 2.75) is 18.8 Å². The number of fused-ring (bicyclic) bond motifs is 1. The quantitative estimate of drug-likeness (QED) is 0.902. The molecule has 2 N–H and O–H groups in total. The van der Waals surface area contributed by atoms with Gasteiger partial charge < -0.3 is 5.73 Å². The Bertz CT molecular complexity index is 550. The van der Waals surface area contributed by atoms with Crippen LogP contribution in [0.5, 0.6) is 0 Å². The first-order valence-corrected chi connectivity index (χ1v) is 6.93. The van der Waals surface area contributed by atoms with Crippen LogP contribution in [-0.2, 0) is 6.42 Å². The molecular weight excluding hydrogens is 252 g/mol. The molecule has 17 heavy (non-hydrogen) atoms. The number of aryl methyl sites for hydroxylation is 1. The van der Waals surface area contributed by atoms with Crippen LogP contribution in [0.3, 0.4) is 0 Å². The number of nitrogens with zero attached hydrogens (tertiary/aromatic N) is 1. The minimum absolute atomic E-state index is 0.442. The van der Waals surface area contributed by atoms with Gasteiger partial charge in [-0.3, -0.25) is 0 Å². The smallest absolute Gasteiger partial charge is 0.125 e. The number of halogens is 1. The summed E-state index contributed by atoms with van der Waals surface area (Å²) in [4.78, 5) is 6.11. The molecule has 0 spiro atoms. The Hall–Kier alpha value is -0.900. The first-order chi connectivity index (χ1) is 8.29. The predicted molar refractivity (Wildman–Crippen MR) is 72.7 cm³/mol. The van der Waals surface area contributed by atoms with Crippen LogP contribution in [0.4, 0.5) is 0 Å². The van der Waals surface area contributed by atoms with Gasteiger partial charge in [0.1, 0.15) is 5.01 Å². The van der Waals surface area contributed by atoms with Gasteiger partial charge in [-0.1, -0.05) is 29.8 Å². The fraction of sp³-hybridized carbons (Fsp3) is 0.308. The number of hydrogen-bond acceptors (Lipinski definition) is 3. The highest BCUT2D eigenvalue weighted by molar-refractivity contribution is 7.15. The largest absolute Gasteiger partial charge is 0.330 e. The lowest BCUT2D eigenvalue weighted by molar-refractivity contribution is 0.675. The number of hydrogen-bond donors (Lipinski definition) is 1. The Kier molecular flexibility index (Phi) is 2.90. The minimum Gasteiger partial charge on any atom is -0.330 e. The van der Waals surface area contributed by atoms with Gasteiger partial charge in [0.15, 0.2) is 0 Å². The molecule has 1 aliphatic carbocycles. The fourth-order valence-corrected chi connectivity index (χ4v) is 3.77. The maximum atomic E-state index is 6.19. The van der Waals surface area contributed by atoms with Crippen LogP contribution in [0.2, 0.25) is 5.02 Å². The molecule has 1 aromatic heterocycles. The van der Waals surface area contributed by atoms with E-state index in [9.17, 15) is 0 Å². The zero-order valence-electron chi connectivity index (χ0n) is 9.32. The van der Waals surface area contributed by atoms with E-state index in [1.165, 1.54) is 10.6 Å². The number of nitrogens with two attached hydrogens (primary N) is 1. The van der Waals surface area contributed by atoms with E-state index in [0.29, 0.717) is 12.5 Å². The number of rotatable bonds is 2. The van der Waals surface area contributed by atoms with Crippen LogP contribution in [0, 0.1) is 0 Å². The highest BCUT2D eigenvalue weighted by Crippen LogP contribution is 2.40. The molecule has 88 valence electrons. The lowest BCUT2D eigenvalue weighted by Crippen LogP contribution is -2.09. The van der Waals surface area contributed by atoms with Gasteiger partial charge in [0.2, 0.25) is 0 Å². The maximum Gasteiger partial charge on any atom is 0.125 e. The van der Waals surface area contributed by atoms with Crippen LogP contribution in [0.25, 0.3) is 10.6 Å². The third kappa shape index (κ3) is 1.88. The zero-order chi connectivity index (χ0) is 11.8. The number of aromatic nitrogens is 1. The minimum atomic E-state index is 0.442. The Labute approximate surface area is 109 Å². The third-order valence-corrected chi connectivity index (χ3v) is 4.72. The average Bonchev–Trinajstić information content (AvgIpc) is 2.88. The topological polar surface area (TPSA) is 38.9 Å². The summed E-state index contributed by atoms with van der Waals surface area (Å²) in [6, 6.07) is 7.86. The summed E-state index contributed by atoms with van der Waals surface area (Å²) in [6.07, 6.45) is 2.26. The lowest BCUT2D eigenvalue weighted by Gasteiger charge is -2.04. The molecule has 3 rings (SSSR count). The van der Waals surface area contributed by atoms with E-state index in [2.05, 4.69) is 0 Å².